The van der Waals surface area contributed by atoms with Crippen LogP contribution in [0, 0.1) is 0 Å². The zero-order chi connectivity index (χ0) is 11.1. The van der Waals surface area contributed by atoms with Gasteiger partial charge in [0.1, 0.15) is 10.6 Å². The number of nitrogens with one attached hydrogen (secondary N) is 1. The fourth-order valence-electron chi connectivity index (χ4n) is 1.77. The first-order chi connectivity index (χ1) is 7.77. The van der Waals surface area contributed by atoms with Crippen molar-refractivity contribution in [1.82, 2.24) is 5.32 Å². The molecule has 0 radical (unpaired) electrons. The monoisotopic (exact) mass is 251 g/mol. The zero-order valence-corrected chi connectivity index (χ0v) is 9.95. The summed E-state index contributed by atoms with van der Waals surface area (Å²) < 4.78 is 0.803. The summed E-state index contributed by atoms with van der Waals surface area (Å²) in [4.78, 5) is 13.5. The Balaban J connectivity index is 2.33. The SMILES string of the molecule is O=C1NCCSc2c1sc1c(O)cccc21. The van der Waals surface area contributed by atoms with E-state index in [1.807, 2.05) is 12.1 Å². The maximum absolute atomic E-state index is 11.8. The highest BCUT2D eigenvalue weighted by Crippen LogP contribution is 2.42. The van der Waals surface area contributed by atoms with Crippen molar-refractivity contribution in [3.8, 4) is 5.75 Å². The molecule has 2 N–H and O–H groups in total. The zero-order valence-electron chi connectivity index (χ0n) is 8.32. The van der Waals surface area contributed by atoms with E-state index in [1.165, 1.54) is 11.3 Å². The van der Waals surface area contributed by atoms with Gasteiger partial charge in [-0.3, -0.25) is 4.79 Å². The first-order valence-electron chi connectivity index (χ1n) is 4.93. The second-order valence-electron chi connectivity index (χ2n) is 3.52. The number of amides is 1. The van der Waals surface area contributed by atoms with Crippen molar-refractivity contribution in [2.75, 3.05) is 12.3 Å². The highest BCUT2D eigenvalue weighted by atomic mass is 32.2. The molecule has 5 heteroatoms. The molecule has 82 valence electrons. The van der Waals surface area contributed by atoms with Crippen molar-refractivity contribution in [3.63, 3.8) is 0 Å². The summed E-state index contributed by atoms with van der Waals surface area (Å²) in [7, 11) is 0. The summed E-state index contributed by atoms with van der Waals surface area (Å²) in [5, 5.41) is 13.6. The molecular weight excluding hydrogens is 242 g/mol. The molecule has 1 aliphatic rings. The molecule has 3 rings (SSSR count). The molecule has 3 nitrogen and oxygen atoms in total. The van der Waals surface area contributed by atoms with Crippen LogP contribution in [0.3, 0.4) is 0 Å². The first kappa shape index (κ1) is 9.99. The lowest BCUT2D eigenvalue weighted by molar-refractivity contribution is 0.0959. The predicted molar refractivity (Wildman–Crippen MR) is 66.5 cm³/mol. The lowest BCUT2D eigenvalue weighted by Crippen LogP contribution is -2.22. The van der Waals surface area contributed by atoms with Crippen LogP contribution in [-0.2, 0) is 0 Å². The van der Waals surface area contributed by atoms with Crippen molar-refractivity contribution in [1.29, 1.82) is 0 Å². The topological polar surface area (TPSA) is 49.3 Å². The Bertz CT molecular complexity index is 577. The molecule has 1 aliphatic heterocycles. The van der Waals surface area contributed by atoms with Gasteiger partial charge in [-0.25, -0.2) is 0 Å². The van der Waals surface area contributed by atoms with Gasteiger partial charge in [-0.15, -0.1) is 23.1 Å². The Labute approximate surface area is 100 Å². The summed E-state index contributed by atoms with van der Waals surface area (Å²) in [6.45, 7) is 0.700. The molecule has 0 saturated heterocycles. The van der Waals surface area contributed by atoms with Crippen molar-refractivity contribution in [3.05, 3.63) is 23.1 Å². The smallest absolute Gasteiger partial charge is 0.262 e. The van der Waals surface area contributed by atoms with E-state index in [9.17, 15) is 9.90 Å². The molecule has 2 heterocycles. The molecule has 0 fully saturated rings. The van der Waals surface area contributed by atoms with E-state index in [0.29, 0.717) is 6.54 Å². The second kappa shape index (κ2) is 3.68. The summed E-state index contributed by atoms with van der Waals surface area (Å²) in [5.41, 5.74) is 0. The van der Waals surface area contributed by atoms with Crippen LogP contribution in [0.4, 0.5) is 0 Å². The van der Waals surface area contributed by atoms with Crippen LogP contribution in [0.1, 0.15) is 9.67 Å². The third-order valence-electron chi connectivity index (χ3n) is 2.49. The Morgan fingerprint density at radius 1 is 1.38 bits per heavy atom. The number of thiophene rings is 1. The molecule has 0 bridgehead atoms. The largest absolute Gasteiger partial charge is 0.506 e. The molecule has 0 unspecified atom stereocenters. The number of carbonyl (C=O) groups is 1. The minimum Gasteiger partial charge on any atom is -0.506 e. The Hall–Kier alpha value is -1.20. The van der Waals surface area contributed by atoms with Gasteiger partial charge in [-0.2, -0.15) is 0 Å². The number of fused-ring (bicyclic) bond motifs is 3. The average molecular weight is 251 g/mol. The number of carbonyl (C=O) groups excluding carboxylic acids is 1. The third kappa shape index (κ3) is 1.39. The summed E-state index contributed by atoms with van der Waals surface area (Å²) in [5.74, 6) is 1.10. The van der Waals surface area contributed by atoms with Crippen LogP contribution in [-0.4, -0.2) is 23.3 Å². The van der Waals surface area contributed by atoms with E-state index in [4.69, 9.17) is 0 Å². The van der Waals surface area contributed by atoms with Crippen LogP contribution in [0.2, 0.25) is 0 Å². The second-order valence-corrected chi connectivity index (χ2v) is 5.64. The van der Waals surface area contributed by atoms with Crippen LogP contribution < -0.4 is 5.32 Å². The summed E-state index contributed by atoms with van der Waals surface area (Å²) >= 11 is 3.04. The molecular formula is C11H9NO2S2. The Morgan fingerprint density at radius 2 is 2.25 bits per heavy atom. The van der Waals surface area contributed by atoms with Gasteiger partial charge in [0, 0.05) is 22.6 Å². The van der Waals surface area contributed by atoms with Crippen LogP contribution in [0.25, 0.3) is 10.1 Å². The lowest BCUT2D eigenvalue weighted by atomic mass is 10.2. The summed E-state index contributed by atoms with van der Waals surface area (Å²) in [6.07, 6.45) is 0. The van der Waals surface area contributed by atoms with Gasteiger partial charge in [0.15, 0.2) is 0 Å². The molecule has 0 atom stereocenters. The standard InChI is InChI=1S/C11H9NO2S2/c13-7-3-1-2-6-8(7)16-10-9(6)15-5-4-12-11(10)14/h1-3,13H,4-5H2,(H,12,14). The van der Waals surface area contributed by atoms with Gasteiger partial charge in [0.25, 0.3) is 5.91 Å². The predicted octanol–water partition coefficient (Wildman–Crippen LogP) is 2.44. The molecule has 1 aromatic heterocycles. The number of aromatic hydroxyl groups is 1. The van der Waals surface area contributed by atoms with Gasteiger partial charge in [0.2, 0.25) is 0 Å². The Kier molecular flexibility index (Phi) is 2.29. The Morgan fingerprint density at radius 3 is 3.12 bits per heavy atom. The minimum atomic E-state index is -0.0272. The van der Waals surface area contributed by atoms with Crippen LogP contribution in [0.15, 0.2) is 23.1 Å². The number of hydrogen-bond acceptors (Lipinski definition) is 4. The average Bonchev–Trinajstić information content (AvgIpc) is 2.55. The van der Waals surface area contributed by atoms with Crippen molar-refractivity contribution in [2.45, 2.75) is 4.90 Å². The lowest BCUT2D eigenvalue weighted by Gasteiger charge is -1.97. The maximum atomic E-state index is 11.8. The number of phenolic OH excluding ortho intramolecular Hbond substituents is 1. The molecule has 1 aromatic carbocycles. The first-order valence-corrected chi connectivity index (χ1v) is 6.73. The fraction of sp³-hybridized carbons (Fsp3) is 0.182. The highest BCUT2D eigenvalue weighted by Gasteiger charge is 2.22. The van der Waals surface area contributed by atoms with Gasteiger partial charge < -0.3 is 10.4 Å². The third-order valence-corrected chi connectivity index (χ3v) is 4.97. The molecule has 2 aromatic rings. The highest BCUT2D eigenvalue weighted by molar-refractivity contribution is 7.99. The number of rotatable bonds is 0. The number of hydrogen-bond donors (Lipinski definition) is 2. The number of phenols is 1. The molecule has 16 heavy (non-hydrogen) atoms. The van der Waals surface area contributed by atoms with Gasteiger partial charge in [0.05, 0.1) is 4.70 Å². The molecule has 0 aliphatic carbocycles. The number of thioether (sulfide) groups is 1. The fourth-order valence-corrected chi connectivity index (χ4v) is 4.12. The van der Waals surface area contributed by atoms with Gasteiger partial charge in [-0.05, 0) is 6.07 Å². The van der Waals surface area contributed by atoms with Crippen molar-refractivity contribution >= 4 is 39.1 Å². The van der Waals surface area contributed by atoms with Crippen molar-refractivity contribution in [2.24, 2.45) is 0 Å². The van der Waals surface area contributed by atoms with Crippen LogP contribution >= 0.6 is 23.1 Å². The van der Waals surface area contributed by atoms with E-state index >= 15 is 0 Å². The van der Waals surface area contributed by atoms with E-state index in [2.05, 4.69) is 5.32 Å². The minimum absolute atomic E-state index is 0.0272. The van der Waals surface area contributed by atoms with E-state index in [0.717, 1.165) is 25.6 Å². The van der Waals surface area contributed by atoms with Gasteiger partial charge >= 0.3 is 0 Å². The molecule has 0 saturated carbocycles. The molecule has 1 amide bonds. The maximum Gasteiger partial charge on any atom is 0.262 e. The van der Waals surface area contributed by atoms with E-state index in [1.54, 1.807) is 17.8 Å². The van der Waals surface area contributed by atoms with Gasteiger partial charge in [-0.1, -0.05) is 12.1 Å². The van der Waals surface area contributed by atoms with E-state index in [-0.39, 0.29) is 11.7 Å². The summed E-state index contributed by atoms with van der Waals surface area (Å²) in [6, 6.07) is 5.42. The van der Waals surface area contributed by atoms with Crippen LogP contribution in [0.5, 0.6) is 5.75 Å². The van der Waals surface area contributed by atoms with Crippen molar-refractivity contribution < 1.29 is 9.90 Å². The quantitative estimate of drug-likeness (QED) is 0.756. The molecule has 0 spiro atoms. The van der Waals surface area contributed by atoms with E-state index < -0.39 is 0 Å². The normalized spacial score (nSPS) is 15.6. The number of benzene rings is 1.